The van der Waals surface area contributed by atoms with Crippen LogP contribution >= 0.6 is 0 Å². The van der Waals surface area contributed by atoms with Crippen LogP contribution in [0, 0.1) is 0 Å². The highest BCUT2D eigenvalue weighted by Gasteiger charge is 2.16. The van der Waals surface area contributed by atoms with Gasteiger partial charge in [0.25, 0.3) is 0 Å². The number of hydrogen-bond donors (Lipinski definition) is 1. The number of esters is 1. The van der Waals surface area contributed by atoms with E-state index in [0.717, 1.165) is 0 Å². The minimum absolute atomic E-state index is 0.198. The standard InChI is InChI=1S/C13H10N2O5/c1-19-9-4-2-3-5-10(9)20-13(18)11-14-7-6-8(15-11)12(16)17/h2-7H,1H3,(H,16,17). The van der Waals surface area contributed by atoms with Crippen molar-refractivity contribution >= 4 is 11.9 Å². The van der Waals surface area contributed by atoms with Crippen molar-refractivity contribution < 1.29 is 24.2 Å². The van der Waals surface area contributed by atoms with E-state index >= 15 is 0 Å². The maximum atomic E-state index is 11.9. The fourth-order valence-electron chi connectivity index (χ4n) is 1.42. The van der Waals surface area contributed by atoms with Crippen LogP contribution in [0.2, 0.25) is 0 Å². The number of ether oxygens (including phenoxy) is 2. The third-order valence-corrected chi connectivity index (χ3v) is 2.33. The van der Waals surface area contributed by atoms with Crippen LogP contribution in [-0.4, -0.2) is 34.1 Å². The van der Waals surface area contributed by atoms with Gasteiger partial charge >= 0.3 is 11.9 Å². The Morgan fingerprint density at radius 2 is 1.85 bits per heavy atom. The molecule has 7 heteroatoms. The largest absolute Gasteiger partial charge is 0.493 e. The normalized spacial score (nSPS) is 9.85. The third-order valence-electron chi connectivity index (χ3n) is 2.33. The predicted octanol–water partition coefficient (Wildman–Crippen LogP) is 1.40. The lowest BCUT2D eigenvalue weighted by Crippen LogP contribution is -2.15. The van der Waals surface area contributed by atoms with Crippen molar-refractivity contribution in [1.82, 2.24) is 9.97 Å². The number of methoxy groups -OCH3 is 1. The number of rotatable bonds is 4. The van der Waals surface area contributed by atoms with Crippen molar-refractivity contribution in [3.05, 3.63) is 48.0 Å². The first kappa shape index (κ1) is 13.5. The molecule has 2 rings (SSSR count). The van der Waals surface area contributed by atoms with Gasteiger partial charge in [-0.2, -0.15) is 0 Å². The highest BCUT2D eigenvalue weighted by Crippen LogP contribution is 2.26. The van der Waals surface area contributed by atoms with Crippen molar-refractivity contribution in [2.24, 2.45) is 0 Å². The molecule has 0 atom stereocenters. The first-order valence-electron chi connectivity index (χ1n) is 5.53. The third kappa shape index (κ3) is 2.89. The minimum atomic E-state index is -1.25. The van der Waals surface area contributed by atoms with Crippen LogP contribution in [0.4, 0.5) is 0 Å². The van der Waals surface area contributed by atoms with E-state index in [4.69, 9.17) is 14.6 Å². The highest BCUT2D eigenvalue weighted by atomic mass is 16.6. The Kier molecular flexibility index (Phi) is 3.90. The van der Waals surface area contributed by atoms with E-state index in [-0.39, 0.29) is 17.3 Å². The Hall–Kier alpha value is -2.96. The van der Waals surface area contributed by atoms with Crippen molar-refractivity contribution in [3.8, 4) is 11.5 Å². The summed E-state index contributed by atoms with van der Waals surface area (Å²) in [5, 5.41) is 8.80. The predicted molar refractivity (Wildman–Crippen MR) is 66.9 cm³/mol. The number of nitrogens with zero attached hydrogens (tertiary/aromatic N) is 2. The summed E-state index contributed by atoms with van der Waals surface area (Å²) in [6, 6.07) is 7.73. The number of para-hydroxylation sites is 2. The van der Waals surface area contributed by atoms with Crippen molar-refractivity contribution in [2.75, 3.05) is 7.11 Å². The minimum Gasteiger partial charge on any atom is -0.493 e. The molecule has 1 aromatic carbocycles. The molecular weight excluding hydrogens is 264 g/mol. The lowest BCUT2D eigenvalue weighted by Gasteiger charge is -2.07. The molecule has 0 radical (unpaired) electrons. The van der Waals surface area contributed by atoms with Gasteiger partial charge in [-0.05, 0) is 18.2 Å². The first-order valence-corrected chi connectivity index (χ1v) is 5.53. The molecule has 1 N–H and O–H groups in total. The highest BCUT2D eigenvalue weighted by molar-refractivity contribution is 5.90. The summed E-state index contributed by atoms with van der Waals surface area (Å²) in [6.07, 6.45) is 1.18. The molecule has 0 fully saturated rings. The molecule has 0 spiro atoms. The van der Waals surface area contributed by atoms with E-state index in [1.54, 1.807) is 18.2 Å². The van der Waals surface area contributed by atoms with Crippen LogP contribution in [-0.2, 0) is 0 Å². The maximum absolute atomic E-state index is 11.9. The summed E-state index contributed by atoms with van der Waals surface area (Å²) in [4.78, 5) is 29.9. The number of carboxylic acids is 1. The Bertz CT molecular complexity index is 657. The average molecular weight is 274 g/mol. The summed E-state index contributed by atoms with van der Waals surface area (Å²) in [7, 11) is 1.44. The van der Waals surface area contributed by atoms with E-state index in [9.17, 15) is 9.59 Å². The van der Waals surface area contributed by atoms with Crippen molar-refractivity contribution in [1.29, 1.82) is 0 Å². The molecule has 0 aliphatic heterocycles. The number of aromatic carboxylic acids is 1. The summed E-state index contributed by atoms with van der Waals surface area (Å²) in [5.74, 6) is -1.88. The molecule has 0 aliphatic carbocycles. The molecule has 0 unspecified atom stereocenters. The van der Waals surface area contributed by atoms with E-state index < -0.39 is 11.9 Å². The average Bonchev–Trinajstić information content (AvgIpc) is 2.48. The second-order valence-corrected chi connectivity index (χ2v) is 3.61. The van der Waals surface area contributed by atoms with Gasteiger partial charge in [-0.1, -0.05) is 12.1 Å². The quantitative estimate of drug-likeness (QED) is 0.664. The van der Waals surface area contributed by atoms with Gasteiger partial charge in [-0.15, -0.1) is 0 Å². The van der Waals surface area contributed by atoms with E-state index in [1.165, 1.54) is 25.4 Å². The van der Waals surface area contributed by atoms with Crippen molar-refractivity contribution in [3.63, 3.8) is 0 Å². The van der Waals surface area contributed by atoms with E-state index in [1.807, 2.05) is 0 Å². The van der Waals surface area contributed by atoms with Gasteiger partial charge < -0.3 is 14.6 Å². The molecule has 7 nitrogen and oxygen atoms in total. The van der Waals surface area contributed by atoms with Gasteiger partial charge in [0.1, 0.15) is 0 Å². The molecule has 0 amide bonds. The number of carbonyl (C=O) groups excluding carboxylic acids is 1. The fourth-order valence-corrected chi connectivity index (χ4v) is 1.42. The number of carbonyl (C=O) groups is 2. The summed E-state index contributed by atoms with van der Waals surface area (Å²) in [5.41, 5.74) is -0.285. The van der Waals surface area contributed by atoms with E-state index in [0.29, 0.717) is 5.75 Å². The SMILES string of the molecule is COc1ccccc1OC(=O)c1nccc(C(=O)O)n1. The Balaban J connectivity index is 2.24. The van der Waals surface area contributed by atoms with E-state index in [2.05, 4.69) is 9.97 Å². The molecule has 0 bridgehead atoms. The summed E-state index contributed by atoms with van der Waals surface area (Å²) < 4.78 is 10.1. The number of benzene rings is 1. The zero-order valence-electron chi connectivity index (χ0n) is 10.4. The smallest absolute Gasteiger partial charge is 0.381 e. The molecule has 102 valence electrons. The van der Waals surface area contributed by atoms with Crippen molar-refractivity contribution in [2.45, 2.75) is 0 Å². The molecule has 20 heavy (non-hydrogen) atoms. The monoisotopic (exact) mass is 274 g/mol. The Labute approximate surface area is 113 Å². The molecule has 0 saturated carbocycles. The second kappa shape index (κ2) is 5.79. The van der Waals surface area contributed by atoms with Gasteiger partial charge in [0.15, 0.2) is 17.2 Å². The van der Waals surface area contributed by atoms with Crippen LogP contribution in [0.5, 0.6) is 11.5 Å². The topological polar surface area (TPSA) is 98.6 Å². The zero-order valence-corrected chi connectivity index (χ0v) is 10.4. The lowest BCUT2D eigenvalue weighted by molar-refractivity contribution is 0.0688. The Morgan fingerprint density at radius 3 is 2.50 bits per heavy atom. The number of carboxylic acid groups (broad SMARTS) is 1. The molecule has 0 saturated heterocycles. The number of aromatic nitrogens is 2. The molecule has 1 heterocycles. The van der Waals surface area contributed by atoms with Gasteiger partial charge in [0.05, 0.1) is 7.11 Å². The summed E-state index contributed by atoms with van der Waals surface area (Å²) >= 11 is 0. The molecule has 0 aliphatic rings. The van der Waals surface area contributed by atoms with Crippen LogP contribution in [0.3, 0.4) is 0 Å². The number of hydrogen-bond acceptors (Lipinski definition) is 6. The first-order chi connectivity index (χ1) is 9.61. The molecular formula is C13H10N2O5. The summed E-state index contributed by atoms with van der Waals surface area (Å²) in [6.45, 7) is 0. The zero-order chi connectivity index (χ0) is 14.5. The van der Waals surface area contributed by atoms with Gasteiger partial charge in [-0.3, -0.25) is 0 Å². The van der Waals surface area contributed by atoms with Crippen LogP contribution in [0.1, 0.15) is 21.1 Å². The fraction of sp³-hybridized carbons (Fsp3) is 0.0769. The van der Waals surface area contributed by atoms with Gasteiger partial charge in [0.2, 0.25) is 5.82 Å². The second-order valence-electron chi connectivity index (χ2n) is 3.61. The van der Waals surface area contributed by atoms with Crippen LogP contribution < -0.4 is 9.47 Å². The van der Waals surface area contributed by atoms with Gasteiger partial charge in [0, 0.05) is 6.20 Å². The molecule has 2 aromatic rings. The van der Waals surface area contributed by atoms with Crippen LogP contribution in [0.25, 0.3) is 0 Å². The van der Waals surface area contributed by atoms with Crippen LogP contribution in [0.15, 0.2) is 36.5 Å². The molecule has 1 aromatic heterocycles. The maximum Gasteiger partial charge on any atom is 0.381 e. The lowest BCUT2D eigenvalue weighted by atomic mass is 10.3. The Morgan fingerprint density at radius 1 is 1.15 bits per heavy atom. The van der Waals surface area contributed by atoms with Gasteiger partial charge in [-0.25, -0.2) is 19.6 Å².